The Morgan fingerprint density at radius 3 is 2.67 bits per heavy atom. The second kappa shape index (κ2) is 8.81. The smallest absolute Gasteiger partial charge is 0.305 e. The molecule has 0 aliphatic rings. The van der Waals surface area contributed by atoms with Crippen molar-refractivity contribution in [3.63, 3.8) is 0 Å². The summed E-state index contributed by atoms with van der Waals surface area (Å²) in [6, 6.07) is 6.86. The summed E-state index contributed by atoms with van der Waals surface area (Å²) in [5.41, 5.74) is 1.01. The number of hydrogen-bond donors (Lipinski definition) is 2. The number of benzene rings is 1. The van der Waals surface area contributed by atoms with Crippen LogP contribution in [-0.4, -0.2) is 35.3 Å². The maximum atomic E-state index is 12.3. The molecule has 2 aromatic rings. The van der Waals surface area contributed by atoms with Crippen molar-refractivity contribution in [2.24, 2.45) is 0 Å². The molecule has 0 fully saturated rings. The van der Waals surface area contributed by atoms with E-state index in [0.717, 1.165) is 10.5 Å². The van der Waals surface area contributed by atoms with Crippen LogP contribution < -0.4 is 5.32 Å². The average molecular weight is 366 g/mol. The highest BCUT2D eigenvalue weighted by atomic mass is 32.2. The summed E-state index contributed by atoms with van der Waals surface area (Å²) >= 11 is 2.93. The maximum absolute atomic E-state index is 12.3. The van der Waals surface area contributed by atoms with Crippen LogP contribution in [0.5, 0.6) is 0 Å². The molecule has 0 spiro atoms. The molecule has 1 atom stereocenters. The van der Waals surface area contributed by atoms with Gasteiger partial charge < -0.3 is 15.2 Å². The number of carbonyl (C=O) groups excluding carboxylic acids is 1. The van der Waals surface area contributed by atoms with Crippen LogP contribution in [0.4, 0.5) is 0 Å². The number of nitrogens with zero attached hydrogens (tertiary/aromatic N) is 1. The zero-order chi connectivity index (χ0) is 17.5. The van der Waals surface area contributed by atoms with Gasteiger partial charge in [0.1, 0.15) is 10.7 Å². The SMILES string of the molecule is COCc1nc(C(=O)NC(CC(=O)O)c2ccc(SC)cc2)cs1. The molecule has 128 valence electrons. The summed E-state index contributed by atoms with van der Waals surface area (Å²) in [4.78, 5) is 28.7. The molecular weight excluding hydrogens is 348 g/mol. The van der Waals surface area contributed by atoms with E-state index >= 15 is 0 Å². The van der Waals surface area contributed by atoms with Gasteiger partial charge in [-0.2, -0.15) is 0 Å². The van der Waals surface area contributed by atoms with Gasteiger partial charge in [0.25, 0.3) is 5.91 Å². The number of carboxylic acid groups (broad SMARTS) is 1. The predicted molar refractivity (Wildman–Crippen MR) is 93.5 cm³/mol. The van der Waals surface area contributed by atoms with Crippen LogP contribution >= 0.6 is 23.1 Å². The Bertz CT molecular complexity index is 700. The second-order valence-electron chi connectivity index (χ2n) is 4.96. The monoisotopic (exact) mass is 366 g/mol. The summed E-state index contributed by atoms with van der Waals surface area (Å²) in [5, 5.41) is 14.2. The molecule has 1 heterocycles. The molecule has 0 radical (unpaired) electrons. The van der Waals surface area contributed by atoms with Crippen molar-refractivity contribution in [2.45, 2.75) is 24.0 Å². The molecule has 2 N–H and O–H groups in total. The lowest BCUT2D eigenvalue weighted by Gasteiger charge is -2.17. The van der Waals surface area contributed by atoms with Gasteiger partial charge in [0.15, 0.2) is 0 Å². The minimum atomic E-state index is -0.979. The van der Waals surface area contributed by atoms with E-state index in [1.807, 2.05) is 30.5 Å². The summed E-state index contributed by atoms with van der Waals surface area (Å²) in [7, 11) is 1.56. The normalized spacial score (nSPS) is 11.9. The summed E-state index contributed by atoms with van der Waals surface area (Å²) < 4.78 is 4.98. The first kappa shape index (κ1) is 18.4. The Labute approximate surface area is 148 Å². The van der Waals surface area contributed by atoms with Crippen LogP contribution in [0.1, 0.15) is 33.5 Å². The van der Waals surface area contributed by atoms with Crippen molar-refractivity contribution in [3.05, 3.63) is 45.9 Å². The van der Waals surface area contributed by atoms with Gasteiger partial charge >= 0.3 is 5.97 Å². The first-order chi connectivity index (χ1) is 11.5. The Balaban J connectivity index is 2.14. The van der Waals surface area contributed by atoms with Crippen molar-refractivity contribution < 1.29 is 19.4 Å². The number of hydrogen-bond acceptors (Lipinski definition) is 6. The fourth-order valence-corrected chi connectivity index (χ4v) is 3.25. The molecule has 2 rings (SSSR count). The lowest BCUT2D eigenvalue weighted by Crippen LogP contribution is -2.30. The maximum Gasteiger partial charge on any atom is 0.305 e. The molecule has 1 aromatic carbocycles. The van der Waals surface area contributed by atoms with Crippen molar-refractivity contribution in [3.8, 4) is 0 Å². The highest BCUT2D eigenvalue weighted by Crippen LogP contribution is 2.22. The van der Waals surface area contributed by atoms with Gasteiger partial charge in [0.05, 0.1) is 19.1 Å². The third kappa shape index (κ3) is 5.05. The molecule has 0 saturated carbocycles. The molecule has 6 nitrogen and oxygen atoms in total. The van der Waals surface area contributed by atoms with E-state index in [4.69, 9.17) is 9.84 Å². The molecule has 1 aromatic heterocycles. The molecule has 0 aliphatic carbocycles. The Kier molecular flexibility index (Phi) is 6.77. The van der Waals surface area contributed by atoms with Crippen LogP contribution in [0.3, 0.4) is 0 Å². The molecule has 0 bridgehead atoms. The Morgan fingerprint density at radius 2 is 2.08 bits per heavy atom. The van der Waals surface area contributed by atoms with Gasteiger partial charge in [0, 0.05) is 17.4 Å². The van der Waals surface area contributed by atoms with Crippen LogP contribution in [-0.2, 0) is 16.1 Å². The fourth-order valence-electron chi connectivity index (χ4n) is 2.10. The van der Waals surface area contributed by atoms with Gasteiger partial charge in [-0.3, -0.25) is 9.59 Å². The molecular formula is C16H18N2O4S2. The van der Waals surface area contributed by atoms with Gasteiger partial charge in [-0.05, 0) is 24.0 Å². The summed E-state index contributed by atoms with van der Waals surface area (Å²) in [5.74, 6) is -1.37. The third-order valence-corrected chi connectivity index (χ3v) is 4.82. The number of aromatic nitrogens is 1. The molecule has 0 saturated heterocycles. The highest BCUT2D eigenvalue weighted by Gasteiger charge is 2.20. The van der Waals surface area contributed by atoms with Crippen molar-refractivity contribution in [2.75, 3.05) is 13.4 Å². The second-order valence-corrected chi connectivity index (χ2v) is 6.78. The molecule has 8 heteroatoms. The van der Waals surface area contributed by atoms with E-state index in [0.29, 0.717) is 11.6 Å². The van der Waals surface area contributed by atoms with E-state index < -0.39 is 17.9 Å². The number of carbonyl (C=O) groups is 2. The number of thioether (sulfide) groups is 1. The number of methoxy groups -OCH3 is 1. The predicted octanol–water partition coefficient (Wildman–Crippen LogP) is 2.96. The lowest BCUT2D eigenvalue weighted by atomic mass is 10.0. The minimum absolute atomic E-state index is 0.195. The van der Waals surface area contributed by atoms with Gasteiger partial charge in [-0.15, -0.1) is 23.1 Å². The zero-order valence-electron chi connectivity index (χ0n) is 13.3. The number of thiazole rings is 1. The van der Waals surface area contributed by atoms with Crippen molar-refractivity contribution in [1.82, 2.24) is 10.3 Å². The van der Waals surface area contributed by atoms with E-state index in [2.05, 4.69) is 10.3 Å². The minimum Gasteiger partial charge on any atom is -0.481 e. The van der Waals surface area contributed by atoms with E-state index in [1.165, 1.54) is 11.3 Å². The van der Waals surface area contributed by atoms with Crippen LogP contribution in [0.25, 0.3) is 0 Å². The Hall–Kier alpha value is -1.90. The number of amides is 1. The van der Waals surface area contributed by atoms with E-state index in [1.54, 1.807) is 24.3 Å². The molecule has 0 aliphatic heterocycles. The zero-order valence-corrected chi connectivity index (χ0v) is 14.9. The lowest BCUT2D eigenvalue weighted by molar-refractivity contribution is -0.137. The number of aliphatic carboxylic acids is 1. The van der Waals surface area contributed by atoms with Gasteiger partial charge in [-0.1, -0.05) is 12.1 Å². The van der Waals surface area contributed by atoms with Crippen LogP contribution in [0.2, 0.25) is 0 Å². The largest absolute Gasteiger partial charge is 0.481 e. The molecule has 1 unspecified atom stereocenters. The van der Waals surface area contributed by atoms with Crippen molar-refractivity contribution >= 4 is 35.0 Å². The fraction of sp³-hybridized carbons (Fsp3) is 0.312. The summed E-state index contributed by atoms with van der Waals surface area (Å²) in [6.07, 6.45) is 1.77. The number of ether oxygens (including phenoxy) is 1. The average Bonchev–Trinajstić information content (AvgIpc) is 3.03. The van der Waals surface area contributed by atoms with Crippen LogP contribution in [0, 0.1) is 0 Å². The first-order valence-corrected chi connectivity index (χ1v) is 9.24. The number of carboxylic acids is 1. The van der Waals surface area contributed by atoms with Crippen LogP contribution in [0.15, 0.2) is 34.5 Å². The number of nitrogens with one attached hydrogen (secondary N) is 1. The van der Waals surface area contributed by atoms with E-state index in [-0.39, 0.29) is 12.1 Å². The van der Waals surface area contributed by atoms with Gasteiger partial charge in [0.2, 0.25) is 0 Å². The highest BCUT2D eigenvalue weighted by molar-refractivity contribution is 7.98. The standard InChI is InChI=1S/C16H18N2O4S2/c1-22-8-14-17-13(9-24-14)16(21)18-12(7-15(19)20)10-3-5-11(23-2)6-4-10/h3-6,9,12H,7-8H2,1-2H3,(H,18,21)(H,19,20). The quantitative estimate of drug-likeness (QED) is 0.698. The molecule has 1 amide bonds. The number of rotatable bonds is 8. The van der Waals surface area contributed by atoms with E-state index in [9.17, 15) is 9.59 Å². The topological polar surface area (TPSA) is 88.5 Å². The molecule has 24 heavy (non-hydrogen) atoms. The summed E-state index contributed by atoms with van der Waals surface area (Å²) in [6.45, 7) is 0.340. The third-order valence-electron chi connectivity index (χ3n) is 3.25. The van der Waals surface area contributed by atoms with Gasteiger partial charge in [-0.25, -0.2) is 4.98 Å². The Morgan fingerprint density at radius 1 is 1.38 bits per heavy atom. The van der Waals surface area contributed by atoms with Crippen molar-refractivity contribution in [1.29, 1.82) is 0 Å². The first-order valence-electron chi connectivity index (χ1n) is 7.13.